The summed E-state index contributed by atoms with van der Waals surface area (Å²) in [6.45, 7) is 15.6. The molecule has 0 radical (unpaired) electrons. The van der Waals surface area contributed by atoms with E-state index in [1.807, 2.05) is 68.4 Å². The Labute approximate surface area is 233 Å². The third-order valence-corrected chi connectivity index (χ3v) is 6.67. The second-order valence-electron chi connectivity index (χ2n) is 11.8. The monoisotopic (exact) mass is 533 g/mol. The Morgan fingerprint density at radius 3 is 2.33 bits per heavy atom. The molecule has 2 N–H and O–H groups in total. The Morgan fingerprint density at radius 1 is 1.10 bits per heavy atom. The Kier molecular flexibility index (Phi) is 9.95. The van der Waals surface area contributed by atoms with Crippen molar-refractivity contribution in [3.05, 3.63) is 77.9 Å². The fraction of sp³-hybridized carbons (Fsp3) is 0.469. The fourth-order valence-corrected chi connectivity index (χ4v) is 4.67. The molecule has 7 nitrogen and oxygen atoms in total. The molecule has 1 aliphatic rings. The topological polar surface area (TPSA) is 87.7 Å². The highest BCUT2D eigenvalue weighted by Crippen LogP contribution is 2.41. The van der Waals surface area contributed by atoms with Gasteiger partial charge in [-0.2, -0.15) is 0 Å². The van der Waals surface area contributed by atoms with Gasteiger partial charge in [0.1, 0.15) is 17.7 Å². The van der Waals surface area contributed by atoms with Gasteiger partial charge in [0.25, 0.3) is 0 Å². The summed E-state index contributed by atoms with van der Waals surface area (Å²) in [5.74, 6) is -0.190. The van der Waals surface area contributed by atoms with E-state index in [0.717, 1.165) is 17.5 Å². The van der Waals surface area contributed by atoms with Gasteiger partial charge in [0, 0.05) is 12.6 Å². The molecule has 210 valence electrons. The molecule has 0 saturated heterocycles. The van der Waals surface area contributed by atoms with E-state index in [4.69, 9.17) is 4.74 Å². The number of ether oxygens (including phenoxy) is 1. The molecule has 3 amide bonds. The molecular weight excluding hydrogens is 490 g/mol. The maximum Gasteiger partial charge on any atom is 0.408 e. The van der Waals surface area contributed by atoms with Gasteiger partial charge >= 0.3 is 6.09 Å². The summed E-state index contributed by atoms with van der Waals surface area (Å²) in [6, 6.07) is 15.4. The van der Waals surface area contributed by atoms with Crippen molar-refractivity contribution in [2.24, 2.45) is 11.8 Å². The van der Waals surface area contributed by atoms with E-state index in [1.54, 1.807) is 31.7 Å². The fourth-order valence-electron chi connectivity index (χ4n) is 4.67. The van der Waals surface area contributed by atoms with Gasteiger partial charge in [0.2, 0.25) is 11.8 Å². The minimum Gasteiger partial charge on any atom is -0.444 e. The summed E-state index contributed by atoms with van der Waals surface area (Å²) >= 11 is 0. The van der Waals surface area contributed by atoms with Gasteiger partial charge in [-0.25, -0.2) is 4.79 Å². The molecule has 0 bridgehead atoms. The Balaban J connectivity index is 1.99. The normalized spacial score (nSPS) is 18.0. The molecule has 1 fully saturated rings. The lowest BCUT2D eigenvalue weighted by Crippen LogP contribution is -2.54. The number of nitrogens with one attached hydrogen (secondary N) is 2. The van der Waals surface area contributed by atoms with E-state index in [9.17, 15) is 14.4 Å². The first-order valence-corrected chi connectivity index (χ1v) is 13.7. The number of hydrogen-bond donors (Lipinski definition) is 2. The van der Waals surface area contributed by atoms with Gasteiger partial charge in [-0.3, -0.25) is 9.59 Å². The maximum atomic E-state index is 14.3. The van der Waals surface area contributed by atoms with Crippen LogP contribution in [0, 0.1) is 11.8 Å². The molecule has 3 rings (SSSR count). The molecule has 0 spiro atoms. The molecule has 2 aromatic rings. The first-order chi connectivity index (χ1) is 18.4. The quantitative estimate of drug-likeness (QED) is 0.379. The van der Waals surface area contributed by atoms with Gasteiger partial charge in [0.15, 0.2) is 0 Å². The number of alkyl carbamates (subject to hydrolysis) is 1. The molecule has 7 heteroatoms. The average molecular weight is 534 g/mol. The van der Waals surface area contributed by atoms with Crippen LogP contribution in [-0.4, -0.2) is 40.5 Å². The second kappa shape index (κ2) is 13.0. The zero-order valence-electron chi connectivity index (χ0n) is 24.1. The van der Waals surface area contributed by atoms with Crippen LogP contribution in [0.15, 0.2) is 61.2 Å². The van der Waals surface area contributed by atoms with Crippen molar-refractivity contribution in [3.63, 3.8) is 0 Å². The average Bonchev–Trinajstić information content (AvgIpc) is 3.59. The highest BCUT2D eigenvalue weighted by Gasteiger charge is 2.48. The van der Waals surface area contributed by atoms with Gasteiger partial charge in [0.05, 0.1) is 0 Å². The van der Waals surface area contributed by atoms with E-state index in [-0.39, 0.29) is 29.7 Å². The smallest absolute Gasteiger partial charge is 0.408 e. The first kappa shape index (κ1) is 29.9. The van der Waals surface area contributed by atoms with Crippen LogP contribution in [0.4, 0.5) is 4.79 Å². The van der Waals surface area contributed by atoms with Crippen LogP contribution in [0.25, 0.3) is 6.08 Å². The Morgan fingerprint density at radius 2 is 1.77 bits per heavy atom. The van der Waals surface area contributed by atoms with E-state index < -0.39 is 23.8 Å². The lowest BCUT2D eigenvalue weighted by Gasteiger charge is -2.35. The molecule has 39 heavy (non-hydrogen) atoms. The maximum absolute atomic E-state index is 14.3. The molecule has 0 heterocycles. The molecule has 1 aliphatic carbocycles. The largest absolute Gasteiger partial charge is 0.444 e. The van der Waals surface area contributed by atoms with Crippen LogP contribution >= 0.6 is 0 Å². The van der Waals surface area contributed by atoms with Crippen molar-refractivity contribution in [3.8, 4) is 0 Å². The number of nitrogens with zero attached hydrogens (tertiary/aromatic N) is 1. The van der Waals surface area contributed by atoms with Crippen molar-refractivity contribution in [2.75, 3.05) is 0 Å². The Bertz CT molecular complexity index is 1160. The summed E-state index contributed by atoms with van der Waals surface area (Å²) < 4.78 is 5.48. The SMILES string of the molecule is C=Cc1cccc(C(C(=O)NCc2ccccc2)N(C(=O)C(CC(C)C)NC(=O)OC(C)(C)C)C2CC2C)c1. The van der Waals surface area contributed by atoms with Crippen molar-refractivity contribution >= 4 is 24.0 Å². The highest BCUT2D eigenvalue weighted by molar-refractivity contribution is 5.92. The molecule has 0 aromatic heterocycles. The van der Waals surface area contributed by atoms with Gasteiger partial charge in [-0.1, -0.05) is 82.0 Å². The number of hydrogen-bond acceptors (Lipinski definition) is 4. The van der Waals surface area contributed by atoms with Crippen molar-refractivity contribution in [2.45, 2.75) is 84.7 Å². The van der Waals surface area contributed by atoms with Crippen LogP contribution in [0.3, 0.4) is 0 Å². The second-order valence-corrected chi connectivity index (χ2v) is 11.8. The van der Waals surface area contributed by atoms with Crippen molar-refractivity contribution in [1.82, 2.24) is 15.5 Å². The van der Waals surface area contributed by atoms with Crippen LogP contribution in [0.2, 0.25) is 0 Å². The number of amides is 3. The molecule has 2 aromatic carbocycles. The number of benzene rings is 2. The predicted octanol–water partition coefficient (Wildman–Crippen LogP) is 5.86. The molecule has 1 saturated carbocycles. The third kappa shape index (κ3) is 8.70. The zero-order chi connectivity index (χ0) is 28.7. The van der Waals surface area contributed by atoms with Gasteiger partial charge in [-0.05, 0) is 68.2 Å². The van der Waals surface area contributed by atoms with Crippen LogP contribution in [-0.2, 0) is 20.9 Å². The van der Waals surface area contributed by atoms with Crippen LogP contribution in [0.5, 0.6) is 0 Å². The minimum atomic E-state index is -0.869. The molecule has 4 atom stereocenters. The minimum absolute atomic E-state index is 0.118. The first-order valence-electron chi connectivity index (χ1n) is 13.7. The number of rotatable bonds is 11. The summed E-state index contributed by atoms with van der Waals surface area (Å²) in [5.41, 5.74) is 1.82. The van der Waals surface area contributed by atoms with E-state index in [2.05, 4.69) is 24.1 Å². The molecule has 4 unspecified atom stereocenters. The van der Waals surface area contributed by atoms with Crippen LogP contribution < -0.4 is 10.6 Å². The zero-order valence-corrected chi connectivity index (χ0v) is 24.1. The van der Waals surface area contributed by atoms with Gasteiger partial charge < -0.3 is 20.3 Å². The van der Waals surface area contributed by atoms with E-state index in [1.165, 1.54) is 0 Å². The van der Waals surface area contributed by atoms with E-state index >= 15 is 0 Å². The van der Waals surface area contributed by atoms with Crippen molar-refractivity contribution in [1.29, 1.82) is 0 Å². The summed E-state index contributed by atoms with van der Waals surface area (Å²) in [6.07, 6.45) is 2.28. The van der Waals surface area contributed by atoms with E-state index in [0.29, 0.717) is 18.5 Å². The number of carbonyl (C=O) groups excluding carboxylic acids is 3. The molecular formula is C32H43N3O4. The standard InChI is InChI=1S/C32H43N3O4/c1-8-23-15-12-16-25(19-23)28(29(36)33-20-24-13-10-9-11-14-24)35(27-18-22(27)4)30(37)26(17-21(2)3)34-31(38)39-32(5,6)7/h8-16,19,21-22,26-28H,1,17-18,20H2,2-7H3,(H,33,36)(H,34,38). The highest BCUT2D eigenvalue weighted by atomic mass is 16.6. The summed E-state index contributed by atoms with van der Waals surface area (Å²) in [5, 5.41) is 5.86. The molecule has 0 aliphatic heterocycles. The van der Waals surface area contributed by atoms with Crippen LogP contribution in [0.1, 0.15) is 77.1 Å². The summed E-state index contributed by atoms with van der Waals surface area (Å²) in [4.78, 5) is 42.7. The predicted molar refractivity (Wildman–Crippen MR) is 155 cm³/mol. The third-order valence-electron chi connectivity index (χ3n) is 6.67. The Hall–Kier alpha value is -3.61. The lowest BCUT2D eigenvalue weighted by molar-refractivity contribution is -0.143. The summed E-state index contributed by atoms with van der Waals surface area (Å²) in [7, 11) is 0. The number of carbonyl (C=O) groups is 3. The lowest BCUT2D eigenvalue weighted by atomic mass is 9.97. The van der Waals surface area contributed by atoms with Crippen molar-refractivity contribution < 1.29 is 19.1 Å². The van der Waals surface area contributed by atoms with Gasteiger partial charge in [-0.15, -0.1) is 0 Å².